The number of hydrogen-bond donors (Lipinski definition) is 1. The molecule has 0 saturated heterocycles. The second-order valence-electron chi connectivity index (χ2n) is 6.50. The van der Waals surface area contributed by atoms with Crippen molar-refractivity contribution in [3.63, 3.8) is 0 Å². The minimum absolute atomic E-state index is 0.0533. The molecule has 2 aromatic rings. The van der Waals surface area contributed by atoms with Crippen molar-refractivity contribution in [3.05, 3.63) is 56.2 Å². The van der Waals surface area contributed by atoms with Crippen LogP contribution in [0, 0.1) is 28.7 Å². The molecule has 0 aliphatic heterocycles. The lowest BCUT2D eigenvalue weighted by Gasteiger charge is -2.14. The molecule has 0 aliphatic carbocycles. The van der Waals surface area contributed by atoms with Crippen molar-refractivity contribution in [1.29, 1.82) is 5.26 Å². The van der Waals surface area contributed by atoms with Crippen LogP contribution in [0.4, 0.5) is 5.69 Å². The van der Waals surface area contributed by atoms with Crippen molar-refractivity contribution in [3.8, 4) is 17.6 Å². The number of amides is 1. The predicted octanol–water partition coefficient (Wildman–Crippen LogP) is 4.40. The molecule has 2 rings (SSSR count). The molecule has 0 atom stereocenters. The van der Waals surface area contributed by atoms with E-state index in [-0.39, 0.29) is 12.2 Å². The van der Waals surface area contributed by atoms with E-state index >= 15 is 0 Å². The summed E-state index contributed by atoms with van der Waals surface area (Å²) in [5.74, 6) is -0.229. The van der Waals surface area contributed by atoms with Crippen LogP contribution in [0.5, 0.6) is 11.5 Å². The molecule has 162 valence electrons. The van der Waals surface area contributed by atoms with Gasteiger partial charge >= 0.3 is 5.97 Å². The highest BCUT2D eigenvalue weighted by Gasteiger charge is 2.16. The number of methoxy groups -OCH3 is 1. The van der Waals surface area contributed by atoms with Gasteiger partial charge in [-0.1, -0.05) is 12.1 Å². The molecule has 0 aromatic heterocycles. The van der Waals surface area contributed by atoms with Crippen LogP contribution in [0.25, 0.3) is 6.08 Å². The van der Waals surface area contributed by atoms with Crippen molar-refractivity contribution < 1.29 is 23.8 Å². The van der Waals surface area contributed by atoms with Gasteiger partial charge in [0.2, 0.25) is 0 Å². The van der Waals surface area contributed by atoms with Gasteiger partial charge in [-0.25, -0.2) is 4.79 Å². The molecule has 0 radical (unpaired) electrons. The highest BCUT2D eigenvalue weighted by Crippen LogP contribution is 2.35. The lowest BCUT2D eigenvalue weighted by Crippen LogP contribution is -2.15. The summed E-state index contributed by atoms with van der Waals surface area (Å²) in [5.41, 5.74) is 3.17. The molecule has 0 spiro atoms. The van der Waals surface area contributed by atoms with Gasteiger partial charge in [0, 0.05) is 5.69 Å². The van der Waals surface area contributed by atoms with Gasteiger partial charge in [0.25, 0.3) is 5.91 Å². The third kappa shape index (κ3) is 6.46. The van der Waals surface area contributed by atoms with E-state index in [1.54, 1.807) is 18.2 Å². The summed E-state index contributed by atoms with van der Waals surface area (Å²) in [6.07, 6.45) is 1.48. The summed E-state index contributed by atoms with van der Waals surface area (Å²) in [6.45, 7) is 5.79. The third-order valence-electron chi connectivity index (χ3n) is 4.42. The summed E-state index contributed by atoms with van der Waals surface area (Å²) in [5, 5.41) is 12.3. The SMILES string of the molecule is CCOc1cc(/C=C(\C#N)C(=O)Nc2cccc(C)c2C)cc(I)c1OCC(=O)OC. The van der Waals surface area contributed by atoms with Gasteiger partial charge in [0.05, 0.1) is 17.3 Å². The van der Waals surface area contributed by atoms with Crippen LogP contribution >= 0.6 is 22.6 Å². The molecule has 1 amide bonds. The number of nitriles is 1. The van der Waals surface area contributed by atoms with Gasteiger partial charge in [0.15, 0.2) is 18.1 Å². The smallest absolute Gasteiger partial charge is 0.343 e. The van der Waals surface area contributed by atoms with Crippen LogP contribution in [0.2, 0.25) is 0 Å². The summed E-state index contributed by atoms with van der Waals surface area (Å²) in [4.78, 5) is 24.1. The molecular formula is C23H23IN2O5. The zero-order chi connectivity index (χ0) is 23.0. The number of anilines is 1. The first kappa shape index (κ1) is 24.2. The van der Waals surface area contributed by atoms with Crippen LogP contribution in [-0.2, 0) is 14.3 Å². The lowest BCUT2D eigenvalue weighted by atomic mass is 10.1. The molecule has 7 nitrogen and oxygen atoms in total. The molecule has 0 aliphatic rings. The highest BCUT2D eigenvalue weighted by molar-refractivity contribution is 14.1. The Balaban J connectivity index is 2.34. The van der Waals surface area contributed by atoms with Crippen LogP contribution in [0.15, 0.2) is 35.9 Å². The Hall–Kier alpha value is -3.06. The fourth-order valence-electron chi connectivity index (χ4n) is 2.66. The predicted molar refractivity (Wildman–Crippen MR) is 126 cm³/mol. The normalized spacial score (nSPS) is 10.8. The van der Waals surface area contributed by atoms with E-state index in [2.05, 4.69) is 10.1 Å². The van der Waals surface area contributed by atoms with Gasteiger partial charge < -0.3 is 19.5 Å². The number of hydrogen-bond acceptors (Lipinski definition) is 6. The van der Waals surface area contributed by atoms with Gasteiger partial charge in [-0.2, -0.15) is 5.26 Å². The van der Waals surface area contributed by atoms with Crippen molar-refractivity contribution in [2.24, 2.45) is 0 Å². The zero-order valence-electron chi connectivity index (χ0n) is 17.7. The summed E-state index contributed by atoms with van der Waals surface area (Å²) < 4.78 is 16.4. The van der Waals surface area contributed by atoms with E-state index in [9.17, 15) is 14.9 Å². The van der Waals surface area contributed by atoms with E-state index in [1.807, 2.05) is 61.6 Å². The Morgan fingerprint density at radius 3 is 2.61 bits per heavy atom. The number of ether oxygens (including phenoxy) is 3. The number of esters is 1. The summed E-state index contributed by atoms with van der Waals surface area (Å²) in [7, 11) is 1.28. The maximum Gasteiger partial charge on any atom is 0.343 e. The number of halogens is 1. The number of carbonyl (C=O) groups excluding carboxylic acids is 2. The fourth-order valence-corrected chi connectivity index (χ4v) is 3.44. The Kier molecular flexibility index (Phi) is 8.88. The number of benzene rings is 2. The summed E-state index contributed by atoms with van der Waals surface area (Å²) >= 11 is 2.04. The van der Waals surface area contributed by atoms with Gasteiger partial charge in [-0.05, 0) is 84.3 Å². The Morgan fingerprint density at radius 2 is 1.97 bits per heavy atom. The second-order valence-corrected chi connectivity index (χ2v) is 7.66. The van der Waals surface area contributed by atoms with Crippen LogP contribution in [0.1, 0.15) is 23.6 Å². The molecule has 0 saturated carbocycles. The van der Waals surface area contributed by atoms with Crippen LogP contribution < -0.4 is 14.8 Å². The van der Waals surface area contributed by atoms with E-state index in [1.165, 1.54) is 13.2 Å². The minimum atomic E-state index is -0.517. The van der Waals surface area contributed by atoms with E-state index in [0.717, 1.165) is 11.1 Å². The molecule has 2 aromatic carbocycles. The van der Waals surface area contributed by atoms with Crippen molar-refractivity contribution in [1.82, 2.24) is 0 Å². The maximum atomic E-state index is 12.7. The molecular weight excluding hydrogens is 511 g/mol. The molecule has 0 fully saturated rings. The van der Waals surface area contributed by atoms with Crippen molar-refractivity contribution in [2.45, 2.75) is 20.8 Å². The first-order valence-electron chi connectivity index (χ1n) is 9.46. The third-order valence-corrected chi connectivity index (χ3v) is 5.22. The van der Waals surface area contributed by atoms with Crippen LogP contribution in [-0.4, -0.2) is 32.2 Å². The molecule has 8 heteroatoms. The van der Waals surface area contributed by atoms with Crippen molar-refractivity contribution in [2.75, 3.05) is 25.6 Å². The molecule has 31 heavy (non-hydrogen) atoms. The Labute approximate surface area is 195 Å². The largest absolute Gasteiger partial charge is 0.490 e. The Morgan fingerprint density at radius 1 is 1.23 bits per heavy atom. The molecule has 1 N–H and O–H groups in total. The molecule has 0 bridgehead atoms. The average Bonchev–Trinajstić information content (AvgIpc) is 2.74. The minimum Gasteiger partial charge on any atom is -0.490 e. The first-order chi connectivity index (χ1) is 14.8. The van der Waals surface area contributed by atoms with E-state index in [0.29, 0.717) is 32.9 Å². The number of nitrogens with zero attached hydrogens (tertiary/aromatic N) is 1. The lowest BCUT2D eigenvalue weighted by molar-refractivity contribution is -0.142. The van der Waals surface area contributed by atoms with Crippen molar-refractivity contribution >= 4 is 46.2 Å². The summed E-state index contributed by atoms with van der Waals surface area (Å²) in [6, 6.07) is 10.9. The topological polar surface area (TPSA) is 97.6 Å². The number of rotatable bonds is 8. The molecule has 0 heterocycles. The monoisotopic (exact) mass is 534 g/mol. The van der Waals surface area contributed by atoms with Crippen LogP contribution in [0.3, 0.4) is 0 Å². The number of carbonyl (C=O) groups is 2. The second kappa shape index (κ2) is 11.4. The standard InChI is InChI=1S/C23H23IN2O5/c1-5-30-20-11-16(10-18(24)22(20)31-13-21(27)29-4)9-17(12-25)23(28)26-19-8-6-7-14(2)15(19)3/h6-11H,5,13H2,1-4H3,(H,26,28)/b17-9+. The number of nitrogens with one attached hydrogen (secondary N) is 1. The maximum absolute atomic E-state index is 12.7. The quantitative estimate of drug-likeness (QED) is 0.233. The van der Waals surface area contributed by atoms with Gasteiger partial charge in [-0.15, -0.1) is 0 Å². The highest BCUT2D eigenvalue weighted by atomic mass is 127. The van der Waals surface area contributed by atoms with Gasteiger partial charge in [0.1, 0.15) is 11.6 Å². The molecule has 0 unspecified atom stereocenters. The van der Waals surface area contributed by atoms with Gasteiger partial charge in [-0.3, -0.25) is 4.79 Å². The fraction of sp³-hybridized carbons (Fsp3) is 0.261. The Bertz CT molecular complexity index is 1060. The zero-order valence-corrected chi connectivity index (χ0v) is 19.9. The first-order valence-corrected chi connectivity index (χ1v) is 10.5. The number of aryl methyl sites for hydroxylation is 1. The van der Waals surface area contributed by atoms with E-state index in [4.69, 9.17) is 9.47 Å². The van der Waals surface area contributed by atoms with E-state index < -0.39 is 11.9 Å². The average molecular weight is 534 g/mol.